The second-order valence-corrected chi connectivity index (χ2v) is 7.24. The summed E-state index contributed by atoms with van der Waals surface area (Å²) in [6.07, 6.45) is 0. The van der Waals surface area contributed by atoms with Gasteiger partial charge in [0.05, 0.1) is 29.5 Å². The SMILES string of the molecule is CCOC(=O)c1ccc2c(c1)sc(=NC(=O)c1ccc(C)cc1)n2CC(=O)OC. The molecule has 3 rings (SSSR count). The standard InChI is InChI=1S/C21H20N2O5S/c1-4-28-20(26)15-9-10-16-17(11-15)29-21(23(16)12-18(24)27-3)22-19(25)14-7-5-13(2)6-8-14/h5-11H,4,12H2,1-3H3. The summed E-state index contributed by atoms with van der Waals surface area (Å²) in [7, 11) is 1.30. The highest BCUT2D eigenvalue weighted by molar-refractivity contribution is 7.16. The van der Waals surface area contributed by atoms with Crippen LogP contribution >= 0.6 is 11.3 Å². The van der Waals surface area contributed by atoms with Crippen molar-refractivity contribution < 1.29 is 23.9 Å². The third kappa shape index (κ3) is 4.60. The second-order valence-electron chi connectivity index (χ2n) is 6.23. The molecule has 2 aromatic carbocycles. The maximum absolute atomic E-state index is 12.6. The first-order valence-corrected chi connectivity index (χ1v) is 9.77. The molecule has 0 N–H and O–H groups in total. The lowest BCUT2D eigenvalue weighted by atomic mass is 10.1. The number of ether oxygens (including phenoxy) is 2. The maximum Gasteiger partial charge on any atom is 0.338 e. The van der Waals surface area contributed by atoms with Gasteiger partial charge < -0.3 is 14.0 Å². The summed E-state index contributed by atoms with van der Waals surface area (Å²) in [5, 5.41) is 0. The van der Waals surface area contributed by atoms with E-state index in [9.17, 15) is 14.4 Å². The normalized spacial score (nSPS) is 11.5. The Morgan fingerprint density at radius 2 is 1.76 bits per heavy atom. The number of hydrogen-bond acceptors (Lipinski definition) is 6. The van der Waals surface area contributed by atoms with Gasteiger partial charge in [0.1, 0.15) is 6.54 Å². The third-order valence-corrected chi connectivity index (χ3v) is 5.25. The Balaban J connectivity index is 2.11. The van der Waals surface area contributed by atoms with Crippen LogP contribution < -0.4 is 4.80 Å². The van der Waals surface area contributed by atoms with Crippen LogP contribution in [0.4, 0.5) is 0 Å². The van der Waals surface area contributed by atoms with E-state index in [0.29, 0.717) is 26.1 Å². The molecule has 0 fully saturated rings. The summed E-state index contributed by atoms with van der Waals surface area (Å²) in [6.45, 7) is 3.84. The number of thiazole rings is 1. The molecule has 150 valence electrons. The van der Waals surface area contributed by atoms with Crippen molar-refractivity contribution in [2.75, 3.05) is 13.7 Å². The molecular weight excluding hydrogens is 392 g/mol. The summed E-state index contributed by atoms with van der Waals surface area (Å²) >= 11 is 1.21. The molecule has 0 atom stereocenters. The van der Waals surface area contributed by atoms with E-state index in [1.54, 1.807) is 41.8 Å². The number of aromatic nitrogens is 1. The zero-order valence-electron chi connectivity index (χ0n) is 16.3. The van der Waals surface area contributed by atoms with Gasteiger partial charge in [-0.25, -0.2) is 4.79 Å². The van der Waals surface area contributed by atoms with Crippen LogP contribution in [0.25, 0.3) is 10.2 Å². The van der Waals surface area contributed by atoms with Crippen LogP contribution in [0.3, 0.4) is 0 Å². The molecular formula is C21H20N2O5S. The van der Waals surface area contributed by atoms with Gasteiger partial charge in [0.15, 0.2) is 4.80 Å². The highest BCUT2D eigenvalue weighted by atomic mass is 32.1. The van der Waals surface area contributed by atoms with Crippen LogP contribution in [0.1, 0.15) is 33.2 Å². The molecule has 3 aromatic rings. The first kappa shape index (κ1) is 20.5. The highest BCUT2D eigenvalue weighted by Gasteiger charge is 2.15. The van der Waals surface area contributed by atoms with E-state index < -0.39 is 17.8 Å². The Morgan fingerprint density at radius 3 is 2.41 bits per heavy atom. The largest absolute Gasteiger partial charge is 0.468 e. The number of carbonyl (C=O) groups excluding carboxylic acids is 3. The minimum absolute atomic E-state index is 0.102. The fourth-order valence-corrected chi connectivity index (χ4v) is 3.76. The predicted molar refractivity (Wildman–Crippen MR) is 109 cm³/mol. The monoisotopic (exact) mass is 412 g/mol. The van der Waals surface area contributed by atoms with Crippen LogP contribution in [0.2, 0.25) is 0 Å². The van der Waals surface area contributed by atoms with E-state index in [-0.39, 0.29) is 13.2 Å². The van der Waals surface area contributed by atoms with E-state index in [1.165, 1.54) is 18.4 Å². The van der Waals surface area contributed by atoms with Gasteiger partial charge in [-0.1, -0.05) is 29.0 Å². The molecule has 1 heterocycles. The molecule has 0 saturated heterocycles. The number of methoxy groups -OCH3 is 1. The van der Waals surface area contributed by atoms with Crippen LogP contribution in [0, 0.1) is 6.92 Å². The van der Waals surface area contributed by atoms with Crippen LogP contribution in [-0.4, -0.2) is 36.1 Å². The summed E-state index contributed by atoms with van der Waals surface area (Å²) in [6, 6.07) is 12.1. The first-order valence-electron chi connectivity index (χ1n) is 8.96. The van der Waals surface area contributed by atoms with Crippen molar-refractivity contribution in [1.82, 2.24) is 4.57 Å². The zero-order chi connectivity index (χ0) is 21.0. The lowest BCUT2D eigenvalue weighted by Gasteiger charge is -2.05. The number of rotatable bonds is 5. The lowest BCUT2D eigenvalue weighted by molar-refractivity contribution is -0.141. The Hall–Kier alpha value is -3.26. The molecule has 0 radical (unpaired) electrons. The van der Waals surface area contributed by atoms with Gasteiger partial charge >= 0.3 is 11.9 Å². The molecule has 1 aromatic heterocycles. The second kappa shape index (κ2) is 8.83. The molecule has 8 heteroatoms. The van der Waals surface area contributed by atoms with Gasteiger partial charge in [-0.15, -0.1) is 0 Å². The molecule has 0 saturated carbocycles. The average Bonchev–Trinajstić information content (AvgIpc) is 3.04. The summed E-state index contributed by atoms with van der Waals surface area (Å²) in [4.78, 5) is 41.1. The molecule has 1 amide bonds. The maximum atomic E-state index is 12.6. The number of fused-ring (bicyclic) bond motifs is 1. The van der Waals surface area contributed by atoms with E-state index in [2.05, 4.69) is 4.99 Å². The van der Waals surface area contributed by atoms with Crippen molar-refractivity contribution >= 4 is 39.4 Å². The van der Waals surface area contributed by atoms with E-state index in [4.69, 9.17) is 9.47 Å². The molecule has 0 aliphatic rings. The van der Waals surface area contributed by atoms with E-state index in [0.717, 1.165) is 5.56 Å². The molecule has 7 nitrogen and oxygen atoms in total. The van der Waals surface area contributed by atoms with Crippen LogP contribution in [0.15, 0.2) is 47.5 Å². The number of hydrogen-bond donors (Lipinski definition) is 0. The number of aryl methyl sites for hydroxylation is 1. The Morgan fingerprint density at radius 1 is 1.07 bits per heavy atom. The lowest BCUT2D eigenvalue weighted by Crippen LogP contribution is -2.22. The smallest absolute Gasteiger partial charge is 0.338 e. The van der Waals surface area contributed by atoms with Crippen molar-refractivity contribution in [2.45, 2.75) is 20.4 Å². The van der Waals surface area contributed by atoms with Crippen LogP contribution in [0.5, 0.6) is 0 Å². The molecule has 0 aliphatic carbocycles. The fraction of sp³-hybridized carbons (Fsp3) is 0.238. The number of amides is 1. The van der Waals surface area contributed by atoms with Crippen molar-refractivity contribution in [3.63, 3.8) is 0 Å². The van der Waals surface area contributed by atoms with Crippen LogP contribution in [-0.2, 0) is 20.8 Å². The Bertz CT molecular complexity index is 1140. The van der Waals surface area contributed by atoms with Crippen molar-refractivity contribution in [2.24, 2.45) is 4.99 Å². The van der Waals surface area contributed by atoms with Gasteiger partial charge in [0.25, 0.3) is 5.91 Å². The summed E-state index contributed by atoms with van der Waals surface area (Å²) < 4.78 is 12.1. The topological polar surface area (TPSA) is 87.0 Å². The highest BCUT2D eigenvalue weighted by Crippen LogP contribution is 2.20. The number of esters is 2. The van der Waals surface area contributed by atoms with Gasteiger partial charge in [-0.3, -0.25) is 9.59 Å². The molecule has 0 aliphatic heterocycles. The first-order chi connectivity index (χ1) is 13.9. The average molecular weight is 412 g/mol. The van der Waals surface area contributed by atoms with Gasteiger partial charge in [0, 0.05) is 5.56 Å². The van der Waals surface area contributed by atoms with E-state index >= 15 is 0 Å². The van der Waals surface area contributed by atoms with Gasteiger partial charge in [-0.2, -0.15) is 4.99 Å². The number of benzene rings is 2. The van der Waals surface area contributed by atoms with Crippen molar-refractivity contribution in [1.29, 1.82) is 0 Å². The summed E-state index contributed by atoms with van der Waals surface area (Å²) in [5.74, 6) is -1.32. The van der Waals surface area contributed by atoms with Gasteiger partial charge in [0.2, 0.25) is 0 Å². The number of nitrogens with zero attached hydrogens (tertiary/aromatic N) is 2. The van der Waals surface area contributed by atoms with Crippen molar-refractivity contribution in [3.8, 4) is 0 Å². The summed E-state index contributed by atoms with van der Waals surface area (Å²) in [5.41, 5.74) is 2.55. The van der Waals surface area contributed by atoms with E-state index in [1.807, 2.05) is 19.1 Å². The number of carbonyl (C=O) groups is 3. The van der Waals surface area contributed by atoms with Gasteiger partial charge in [-0.05, 0) is 44.2 Å². The molecule has 0 unspecified atom stereocenters. The minimum Gasteiger partial charge on any atom is -0.468 e. The molecule has 0 spiro atoms. The predicted octanol–water partition coefficient (Wildman–Crippen LogP) is 3.10. The molecule has 29 heavy (non-hydrogen) atoms. The zero-order valence-corrected chi connectivity index (χ0v) is 17.1. The molecule has 0 bridgehead atoms. The van der Waals surface area contributed by atoms with Crippen molar-refractivity contribution in [3.05, 3.63) is 64.0 Å². The Labute approximate surface area is 171 Å². The third-order valence-electron chi connectivity index (χ3n) is 4.20. The fourth-order valence-electron chi connectivity index (χ4n) is 2.69. The Kier molecular flexibility index (Phi) is 6.23. The quantitative estimate of drug-likeness (QED) is 0.601. The minimum atomic E-state index is -0.469.